The van der Waals surface area contributed by atoms with Gasteiger partial charge in [-0.25, -0.2) is 5.43 Å². The van der Waals surface area contributed by atoms with Crippen LogP contribution < -0.4 is 10.2 Å². The van der Waals surface area contributed by atoms with Crippen LogP contribution in [0.5, 0.6) is 5.75 Å². The Labute approximate surface area is 151 Å². The van der Waals surface area contributed by atoms with Gasteiger partial charge in [0.05, 0.1) is 17.7 Å². The van der Waals surface area contributed by atoms with Crippen LogP contribution in [0.3, 0.4) is 0 Å². The molecule has 1 amide bonds. The highest BCUT2D eigenvalue weighted by Gasteiger charge is 2.03. The van der Waals surface area contributed by atoms with Gasteiger partial charge in [-0.05, 0) is 55.2 Å². The average molecular weight is 355 g/mol. The highest BCUT2D eigenvalue weighted by Crippen LogP contribution is 2.14. The summed E-state index contributed by atoms with van der Waals surface area (Å²) in [6.07, 6.45) is 3.33. The summed E-state index contributed by atoms with van der Waals surface area (Å²) in [6.45, 7) is 2.58. The summed E-state index contributed by atoms with van der Waals surface area (Å²) in [7, 11) is 0. The zero-order chi connectivity index (χ0) is 18.8. The molecular formula is C19H21N3O4. The molecule has 2 aromatic rings. The lowest BCUT2D eigenvalue weighted by Gasteiger charge is -2.05. The normalized spacial score (nSPS) is 10.7. The lowest BCUT2D eigenvalue weighted by molar-refractivity contribution is -0.384. The fourth-order valence-electron chi connectivity index (χ4n) is 2.29. The number of hydrogen-bond donors (Lipinski definition) is 1. The number of hydrogen-bond acceptors (Lipinski definition) is 5. The molecule has 0 fully saturated rings. The smallest absolute Gasteiger partial charge is 0.269 e. The molecule has 7 heteroatoms. The van der Waals surface area contributed by atoms with Crippen LogP contribution in [-0.2, 0) is 11.2 Å². The van der Waals surface area contributed by atoms with Crippen molar-refractivity contribution in [1.82, 2.24) is 5.43 Å². The Morgan fingerprint density at radius 2 is 1.88 bits per heavy atom. The van der Waals surface area contributed by atoms with E-state index in [-0.39, 0.29) is 11.6 Å². The van der Waals surface area contributed by atoms with Gasteiger partial charge in [-0.1, -0.05) is 12.1 Å². The fourth-order valence-corrected chi connectivity index (χ4v) is 2.29. The van der Waals surface area contributed by atoms with Crippen LogP contribution in [0.25, 0.3) is 0 Å². The third-order valence-corrected chi connectivity index (χ3v) is 3.61. The Morgan fingerprint density at radius 1 is 1.19 bits per heavy atom. The van der Waals surface area contributed by atoms with Crippen LogP contribution >= 0.6 is 0 Å². The third kappa shape index (κ3) is 6.35. The van der Waals surface area contributed by atoms with E-state index in [1.54, 1.807) is 12.1 Å². The van der Waals surface area contributed by atoms with Gasteiger partial charge in [0.1, 0.15) is 5.75 Å². The molecule has 0 aromatic heterocycles. The Balaban J connectivity index is 1.70. The maximum atomic E-state index is 11.8. The van der Waals surface area contributed by atoms with Gasteiger partial charge in [0, 0.05) is 18.6 Å². The second-order valence-electron chi connectivity index (χ2n) is 5.57. The Bertz CT molecular complexity index is 755. The Morgan fingerprint density at radius 3 is 2.50 bits per heavy atom. The molecule has 0 saturated heterocycles. The number of nitrogens with one attached hydrogen (secondary N) is 1. The van der Waals surface area contributed by atoms with E-state index in [0.29, 0.717) is 25.0 Å². The van der Waals surface area contributed by atoms with E-state index >= 15 is 0 Å². The predicted molar refractivity (Wildman–Crippen MR) is 99.4 cm³/mol. The molecule has 0 aliphatic rings. The van der Waals surface area contributed by atoms with Gasteiger partial charge < -0.3 is 4.74 Å². The minimum absolute atomic E-state index is 0.0143. The molecule has 136 valence electrons. The molecule has 0 spiro atoms. The van der Waals surface area contributed by atoms with Crippen LogP contribution in [0.15, 0.2) is 53.6 Å². The number of nitrogens with zero attached hydrogens (tertiary/aromatic N) is 2. The van der Waals surface area contributed by atoms with Gasteiger partial charge in [0.15, 0.2) is 0 Å². The third-order valence-electron chi connectivity index (χ3n) is 3.61. The summed E-state index contributed by atoms with van der Waals surface area (Å²) in [5.74, 6) is 0.670. The van der Waals surface area contributed by atoms with E-state index in [2.05, 4.69) is 10.5 Å². The number of nitro groups is 1. The zero-order valence-corrected chi connectivity index (χ0v) is 14.6. The highest BCUT2D eigenvalue weighted by atomic mass is 16.6. The molecular weight excluding hydrogens is 334 g/mol. The summed E-state index contributed by atoms with van der Waals surface area (Å²) < 4.78 is 5.39. The van der Waals surface area contributed by atoms with E-state index in [9.17, 15) is 14.9 Å². The average Bonchev–Trinajstić information content (AvgIpc) is 2.64. The summed E-state index contributed by atoms with van der Waals surface area (Å²) in [4.78, 5) is 21.9. The van der Waals surface area contributed by atoms with Crippen molar-refractivity contribution in [3.05, 3.63) is 69.8 Å². The molecule has 1 N–H and O–H groups in total. The Kier molecular flexibility index (Phi) is 7.30. The SMILES string of the molecule is CCOc1ccc(CCCC(=O)NN=Cc2ccc([N+](=O)[O-])cc2)cc1. The monoisotopic (exact) mass is 355 g/mol. The number of non-ortho nitro benzene ring substituents is 1. The topological polar surface area (TPSA) is 93.8 Å². The molecule has 0 bridgehead atoms. The largest absolute Gasteiger partial charge is 0.494 e. The molecule has 0 atom stereocenters. The summed E-state index contributed by atoms with van der Waals surface area (Å²) in [6, 6.07) is 13.8. The first-order chi connectivity index (χ1) is 12.6. The predicted octanol–water partition coefficient (Wildman–Crippen LogP) is 3.47. The van der Waals surface area contributed by atoms with E-state index in [4.69, 9.17) is 4.74 Å². The van der Waals surface area contributed by atoms with Crippen molar-refractivity contribution in [2.75, 3.05) is 6.61 Å². The number of amides is 1. The lowest BCUT2D eigenvalue weighted by Crippen LogP contribution is -2.17. The van der Waals surface area contributed by atoms with Crippen molar-refractivity contribution < 1.29 is 14.5 Å². The van der Waals surface area contributed by atoms with Crippen LogP contribution in [0, 0.1) is 10.1 Å². The van der Waals surface area contributed by atoms with Crippen LogP contribution in [0.2, 0.25) is 0 Å². The summed E-state index contributed by atoms with van der Waals surface area (Å²) in [5.41, 5.74) is 4.29. The van der Waals surface area contributed by atoms with Crippen molar-refractivity contribution in [2.24, 2.45) is 5.10 Å². The van der Waals surface area contributed by atoms with Crippen LogP contribution in [0.4, 0.5) is 5.69 Å². The minimum Gasteiger partial charge on any atom is -0.494 e. The molecule has 0 aliphatic carbocycles. The van der Waals surface area contributed by atoms with Gasteiger partial charge in [0.2, 0.25) is 5.91 Å². The maximum absolute atomic E-state index is 11.8. The maximum Gasteiger partial charge on any atom is 0.269 e. The molecule has 0 unspecified atom stereocenters. The Hall–Kier alpha value is -3.22. The zero-order valence-electron chi connectivity index (χ0n) is 14.6. The summed E-state index contributed by atoms with van der Waals surface area (Å²) >= 11 is 0. The number of carbonyl (C=O) groups is 1. The number of carbonyl (C=O) groups excluding carboxylic acids is 1. The molecule has 7 nitrogen and oxygen atoms in total. The van der Waals surface area contributed by atoms with Crippen LogP contribution in [0.1, 0.15) is 30.9 Å². The number of hydrazone groups is 1. The summed E-state index contributed by atoms with van der Waals surface area (Å²) in [5, 5.41) is 14.4. The molecule has 2 rings (SSSR count). The van der Waals surface area contributed by atoms with Crippen molar-refractivity contribution in [1.29, 1.82) is 0 Å². The van der Waals surface area contributed by atoms with Gasteiger partial charge in [-0.2, -0.15) is 5.10 Å². The van der Waals surface area contributed by atoms with Gasteiger partial charge >= 0.3 is 0 Å². The van der Waals surface area contributed by atoms with Crippen LogP contribution in [-0.4, -0.2) is 23.7 Å². The van der Waals surface area contributed by atoms with Crippen molar-refractivity contribution in [3.63, 3.8) is 0 Å². The van der Waals surface area contributed by atoms with Crippen molar-refractivity contribution >= 4 is 17.8 Å². The first kappa shape index (κ1) is 19.1. The second-order valence-corrected chi connectivity index (χ2v) is 5.57. The van der Waals surface area contributed by atoms with E-state index in [1.165, 1.54) is 18.3 Å². The molecule has 26 heavy (non-hydrogen) atoms. The van der Waals surface area contributed by atoms with Crippen molar-refractivity contribution in [3.8, 4) is 5.75 Å². The molecule has 2 aromatic carbocycles. The quantitative estimate of drug-likeness (QED) is 0.423. The van der Waals surface area contributed by atoms with Gasteiger partial charge in [-0.15, -0.1) is 0 Å². The number of aryl methyl sites for hydroxylation is 1. The molecule has 0 radical (unpaired) electrons. The van der Waals surface area contributed by atoms with Gasteiger partial charge in [-0.3, -0.25) is 14.9 Å². The van der Waals surface area contributed by atoms with Gasteiger partial charge in [0.25, 0.3) is 5.69 Å². The fraction of sp³-hybridized carbons (Fsp3) is 0.263. The molecule has 0 heterocycles. The number of ether oxygens (including phenoxy) is 1. The number of nitro benzene ring substituents is 1. The number of rotatable bonds is 9. The first-order valence-electron chi connectivity index (χ1n) is 8.36. The first-order valence-corrected chi connectivity index (χ1v) is 8.36. The molecule has 0 saturated carbocycles. The van der Waals surface area contributed by atoms with E-state index in [1.807, 2.05) is 31.2 Å². The number of benzene rings is 2. The molecule has 0 aliphatic heterocycles. The lowest BCUT2D eigenvalue weighted by atomic mass is 10.1. The highest BCUT2D eigenvalue weighted by molar-refractivity contribution is 5.82. The van der Waals surface area contributed by atoms with E-state index in [0.717, 1.165) is 17.7 Å². The standard InChI is InChI=1S/C19H21N3O4/c1-2-26-18-12-8-15(9-13-18)4-3-5-19(23)21-20-14-16-6-10-17(11-7-16)22(24)25/h6-14H,2-5H2,1H3,(H,21,23). The second kappa shape index (κ2) is 9.93. The van der Waals surface area contributed by atoms with Crippen molar-refractivity contribution in [2.45, 2.75) is 26.2 Å². The minimum atomic E-state index is -0.465. The van der Waals surface area contributed by atoms with E-state index < -0.39 is 4.92 Å².